The highest BCUT2D eigenvalue weighted by Crippen LogP contribution is 2.21. The predicted octanol–water partition coefficient (Wildman–Crippen LogP) is 2.74. The summed E-state index contributed by atoms with van der Waals surface area (Å²) in [5, 5.41) is 3.32. The normalized spacial score (nSPS) is 15.7. The second kappa shape index (κ2) is 5.17. The van der Waals surface area contributed by atoms with E-state index in [-0.39, 0.29) is 0 Å². The van der Waals surface area contributed by atoms with Gasteiger partial charge < -0.3 is 9.88 Å². The average Bonchev–Trinajstić information content (AvgIpc) is 2.76. The van der Waals surface area contributed by atoms with Gasteiger partial charge in [-0.2, -0.15) is 0 Å². The van der Waals surface area contributed by atoms with Gasteiger partial charge in [-0.15, -0.1) is 0 Å². The number of benzene rings is 1. The number of rotatable bonds is 4. The van der Waals surface area contributed by atoms with Crippen LogP contribution in [-0.2, 0) is 6.54 Å². The Hall–Kier alpha value is -1.61. The van der Waals surface area contributed by atoms with Crippen molar-refractivity contribution in [3.63, 3.8) is 0 Å². The molecule has 1 aromatic heterocycles. The van der Waals surface area contributed by atoms with E-state index in [0.29, 0.717) is 11.8 Å². The fourth-order valence-corrected chi connectivity index (χ4v) is 2.51. The van der Waals surface area contributed by atoms with E-state index in [9.17, 15) is 0 Å². The van der Waals surface area contributed by atoms with Gasteiger partial charge in [0, 0.05) is 37.4 Å². The quantitative estimate of drug-likeness (QED) is 0.910. The van der Waals surface area contributed by atoms with E-state index in [1.165, 1.54) is 16.8 Å². The lowest BCUT2D eigenvalue weighted by molar-refractivity contribution is 0.427. The Morgan fingerprint density at radius 2 is 2.00 bits per heavy atom. The van der Waals surface area contributed by atoms with Gasteiger partial charge >= 0.3 is 0 Å². The second-order valence-corrected chi connectivity index (χ2v) is 5.70. The minimum Gasteiger partial charge on any atom is -0.330 e. The Morgan fingerprint density at radius 1 is 1.26 bits per heavy atom. The average molecular weight is 255 g/mol. The van der Waals surface area contributed by atoms with Crippen molar-refractivity contribution in [2.75, 3.05) is 13.1 Å². The Bertz CT molecular complexity index is 535. The first-order chi connectivity index (χ1) is 9.24. The van der Waals surface area contributed by atoms with Crippen molar-refractivity contribution in [2.45, 2.75) is 32.2 Å². The molecular weight excluding hydrogens is 234 g/mol. The minimum atomic E-state index is 0.596. The summed E-state index contributed by atoms with van der Waals surface area (Å²) in [6.45, 7) is 7.54. The summed E-state index contributed by atoms with van der Waals surface area (Å²) in [6, 6.07) is 8.94. The second-order valence-electron chi connectivity index (χ2n) is 5.70. The van der Waals surface area contributed by atoms with Gasteiger partial charge in [0.2, 0.25) is 0 Å². The van der Waals surface area contributed by atoms with Gasteiger partial charge in [0.15, 0.2) is 0 Å². The van der Waals surface area contributed by atoms with E-state index >= 15 is 0 Å². The van der Waals surface area contributed by atoms with E-state index in [1.807, 2.05) is 12.5 Å². The van der Waals surface area contributed by atoms with E-state index in [0.717, 1.165) is 19.6 Å². The Morgan fingerprint density at radius 3 is 2.58 bits per heavy atom. The summed E-state index contributed by atoms with van der Waals surface area (Å²) in [6.07, 6.45) is 3.96. The van der Waals surface area contributed by atoms with Crippen LogP contribution in [0, 0.1) is 0 Å². The molecule has 0 unspecified atom stereocenters. The van der Waals surface area contributed by atoms with E-state index in [1.54, 1.807) is 0 Å². The topological polar surface area (TPSA) is 29.9 Å². The predicted molar refractivity (Wildman–Crippen MR) is 77.5 cm³/mol. The zero-order valence-corrected chi connectivity index (χ0v) is 11.6. The van der Waals surface area contributed by atoms with Crippen LogP contribution in [0.4, 0.5) is 0 Å². The third kappa shape index (κ3) is 2.56. The molecule has 19 heavy (non-hydrogen) atoms. The molecule has 3 rings (SSSR count). The molecule has 1 fully saturated rings. The summed E-state index contributed by atoms with van der Waals surface area (Å²) in [4.78, 5) is 4.30. The first-order valence-corrected chi connectivity index (χ1v) is 7.03. The molecule has 3 heteroatoms. The third-order valence-corrected chi connectivity index (χ3v) is 3.94. The van der Waals surface area contributed by atoms with Crippen LogP contribution in [0.3, 0.4) is 0 Å². The number of imidazole rings is 1. The molecule has 0 radical (unpaired) electrons. The summed E-state index contributed by atoms with van der Waals surface area (Å²) in [5.41, 5.74) is 4.10. The Labute approximate surface area is 114 Å². The fourth-order valence-electron chi connectivity index (χ4n) is 2.51. The van der Waals surface area contributed by atoms with Gasteiger partial charge in [-0.05, 0) is 17.0 Å². The van der Waals surface area contributed by atoms with Crippen LogP contribution in [0.1, 0.15) is 42.5 Å². The van der Waals surface area contributed by atoms with Crippen LogP contribution < -0.4 is 5.32 Å². The van der Waals surface area contributed by atoms with Crippen molar-refractivity contribution in [3.05, 3.63) is 53.6 Å². The monoisotopic (exact) mass is 255 g/mol. The van der Waals surface area contributed by atoms with Gasteiger partial charge in [-0.1, -0.05) is 38.1 Å². The molecule has 0 spiro atoms. The molecule has 2 aromatic rings. The van der Waals surface area contributed by atoms with Crippen molar-refractivity contribution in [2.24, 2.45) is 0 Å². The molecule has 0 atom stereocenters. The largest absolute Gasteiger partial charge is 0.330 e. The maximum absolute atomic E-state index is 4.30. The zero-order valence-electron chi connectivity index (χ0n) is 11.6. The van der Waals surface area contributed by atoms with Crippen LogP contribution >= 0.6 is 0 Å². The van der Waals surface area contributed by atoms with Crippen LogP contribution in [0.25, 0.3) is 0 Å². The van der Waals surface area contributed by atoms with Crippen molar-refractivity contribution in [1.29, 1.82) is 0 Å². The summed E-state index contributed by atoms with van der Waals surface area (Å²) in [7, 11) is 0. The first-order valence-electron chi connectivity index (χ1n) is 7.03. The van der Waals surface area contributed by atoms with Crippen LogP contribution in [0.2, 0.25) is 0 Å². The maximum atomic E-state index is 4.30. The van der Waals surface area contributed by atoms with Crippen molar-refractivity contribution < 1.29 is 0 Å². The number of hydrogen-bond donors (Lipinski definition) is 1. The minimum absolute atomic E-state index is 0.596. The molecule has 1 aromatic carbocycles. The SMILES string of the molecule is CC(C)c1ccc(Cn2cncc2C2CNC2)cc1. The summed E-state index contributed by atoms with van der Waals surface area (Å²) in [5.74, 6) is 1.23. The van der Waals surface area contributed by atoms with Gasteiger partial charge in [-0.3, -0.25) is 0 Å². The van der Waals surface area contributed by atoms with Gasteiger partial charge in [0.05, 0.1) is 6.33 Å². The Kier molecular flexibility index (Phi) is 3.38. The molecule has 0 bridgehead atoms. The molecule has 0 amide bonds. The number of nitrogens with one attached hydrogen (secondary N) is 1. The number of hydrogen-bond acceptors (Lipinski definition) is 2. The third-order valence-electron chi connectivity index (χ3n) is 3.94. The molecule has 1 aliphatic rings. The van der Waals surface area contributed by atoms with Crippen LogP contribution in [0.15, 0.2) is 36.8 Å². The van der Waals surface area contributed by atoms with Crippen molar-refractivity contribution in [1.82, 2.24) is 14.9 Å². The van der Waals surface area contributed by atoms with E-state index < -0.39 is 0 Å². The highest BCUT2D eigenvalue weighted by Gasteiger charge is 2.22. The molecule has 2 heterocycles. The first kappa shape index (κ1) is 12.4. The lowest BCUT2D eigenvalue weighted by Crippen LogP contribution is -2.40. The van der Waals surface area contributed by atoms with E-state index in [4.69, 9.17) is 0 Å². The number of nitrogens with zero attached hydrogens (tertiary/aromatic N) is 2. The van der Waals surface area contributed by atoms with Crippen LogP contribution in [0.5, 0.6) is 0 Å². The highest BCUT2D eigenvalue weighted by atomic mass is 15.1. The van der Waals surface area contributed by atoms with Gasteiger partial charge in [0.1, 0.15) is 0 Å². The smallest absolute Gasteiger partial charge is 0.0951 e. The van der Waals surface area contributed by atoms with Crippen molar-refractivity contribution in [3.8, 4) is 0 Å². The molecule has 0 aliphatic carbocycles. The number of aromatic nitrogens is 2. The highest BCUT2D eigenvalue weighted by molar-refractivity contribution is 5.25. The standard InChI is InChI=1S/C16H21N3/c1-12(2)14-5-3-13(4-6-14)10-19-11-18-9-16(19)15-7-17-8-15/h3-6,9,11-12,15,17H,7-8,10H2,1-2H3. The van der Waals surface area contributed by atoms with E-state index in [2.05, 4.69) is 53.0 Å². The molecular formula is C16H21N3. The fraction of sp³-hybridized carbons (Fsp3) is 0.438. The molecule has 1 aliphatic heterocycles. The van der Waals surface area contributed by atoms with Crippen LogP contribution in [-0.4, -0.2) is 22.6 Å². The molecule has 0 saturated carbocycles. The molecule has 100 valence electrons. The van der Waals surface area contributed by atoms with Gasteiger partial charge in [-0.25, -0.2) is 4.98 Å². The van der Waals surface area contributed by atoms with Gasteiger partial charge in [0.25, 0.3) is 0 Å². The lowest BCUT2D eigenvalue weighted by Gasteiger charge is -2.27. The molecule has 1 saturated heterocycles. The maximum Gasteiger partial charge on any atom is 0.0951 e. The molecule has 3 nitrogen and oxygen atoms in total. The van der Waals surface area contributed by atoms with Crippen molar-refractivity contribution >= 4 is 0 Å². The summed E-state index contributed by atoms with van der Waals surface area (Å²) >= 11 is 0. The zero-order chi connectivity index (χ0) is 13.2. The lowest BCUT2D eigenvalue weighted by atomic mass is 9.99. The Balaban J connectivity index is 1.75. The molecule has 1 N–H and O–H groups in total. The summed E-state index contributed by atoms with van der Waals surface area (Å²) < 4.78 is 2.27.